The summed E-state index contributed by atoms with van der Waals surface area (Å²) in [4.78, 5) is 25.5. The molecule has 1 fully saturated rings. The van der Waals surface area contributed by atoms with Gasteiger partial charge in [0.2, 0.25) is 5.91 Å². The molecule has 1 aliphatic heterocycles. The van der Waals surface area contributed by atoms with Gasteiger partial charge in [0.05, 0.1) is 6.04 Å². The number of ketones is 1. The largest absolute Gasteiger partial charge is 0.352 e. The first-order valence-corrected chi connectivity index (χ1v) is 7.01. The van der Waals surface area contributed by atoms with Gasteiger partial charge in [-0.05, 0) is 46.6 Å². The highest BCUT2D eigenvalue weighted by Gasteiger charge is 2.32. The van der Waals surface area contributed by atoms with Gasteiger partial charge in [0.15, 0.2) is 0 Å². The van der Waals surface area contributed by atoms with Crippen molar-refractivity contribution in [3.05, 3.63) is 0 Å². The Hall–Kier alpha value is -0.900. The van der Waals surface area contributed by atoms with E-state index < -0.39 is 0 Å². The zero-order chi connectivity index (χ0) is 13.7. The third-order valence-electron chi connectivity index (χ3n) is 3.82. The highest BCUT2D eigenvalue weighted by atomic mass is 16.2. The van der Waals surface area contributed by atoms with Crippen molar-refractivity contribution in [3.8, 4) is 0 Å². The molecule has 3 atom stereocenters. The summed E-state index contributed by atoms with van der Waals surface area (Å²) in [6.45, 7) is 8.56. The van der Waals surface area contributed by atoms with Gasteiger partial charge < -0.3 is 5.32 Å². The van der Waals surface area contributed by atoms with Gasteiger partial charge in [-0.15, -0.1) is 0 Å². The Labute approximate surface area is 110 Å². The third-order valence-corrected chi connectivity index (χ3v) is 3.82. The molecule has 1 saturated heterocycles. The van der Waals surface area contributed by atoms with Crippen LogP contribution in [0.2, 0.25) is 0 Å². The van der Waals surface area contributed by atoms with Gasteiger partial charge in [-0.2, -0.15) is 0 Å². The molecule has 0 bridgehead atoms. The predicted octanol–water partition coefficient (Wildman–Crippen LogP) is 1.73. The fourth-order valence-corrected chi connectivity index (χ4v) is 2.54. The molecule has 18 heavy (non-hydrogen) atoms. The number of carbonyl (C=O) groups is 2. The van der Waals surface area contributed by atoms with Gasteiger partial charge in [-0.3, -0.25) is 14.5 Å². The highest BCUT2D eigenvalue weighted by molar-refractivity contribution is 5.82. The first-order valence-electron chi connectivity index (χ1n) is 7.01. The van der Waals surface area contributed by atoms with Crippen LogP contribution in [0.15, 0.2) is 0 Å². The zero-order valence-corrected chi connectivity index (χ0v) is 12.0. The maximum absolute atomic E-state index is 12.1. The second-order valence-corrected chi connectivity index (χ2v) is 5.43. The van der Waals surface area contributed by atoms with Crippen molar-refractivity contribution in [2.24, 2.45) is 0 Å². The summed E-state index contributed by atoms with van der Waals surface area (Å²) in [5.74, 6) is 0.293. The van der Waals surface area contributed by atoms with Crippen LogP contribution in [0.1, 0.15) is 53.4 Å². The molecule has 0 aromatic rings. The maximum Gasteiger partial charge on any atom is 0.237 e. The van der Waals surface area contributed by atoms with Crippen molar-refractivity contribution in [1.82, 2.24) is 10.2 Å². The van der Waals surface area contributed by atoms with E-state index >= 15 is 0 Å². The lowest BCUT2D eigenvalue weighted by molar-refractivity contribution is -0.128. The summed E-state index contributed by atoms with van der Waals surface area (Å²) in [6.07, 6.45) is 3.62. The monoisotopic (exact) mass is 254 g/mol. The Morgan fingerprint density at radius 3 is 2.61 bits per heavy atom. The number of Topliss-reactive ketones (excluding diaryl/α,β-unsaturated/α-hetero) is 1. The molecule has 0 aromatic carbocycles. The number of hydrogen-bond donors (Lipinski definition) is 1. The Balaban J connectivity index is 2.56. The molecule has 1 aliphatic rings. The average Bonchev–Trinajstić information content (AvgIpc) is 2.74. The standard InChI is InChI=1S/C14H26N2O2/c1-5-10(2)15-14(18)12(4)16-8-6-7-13(16)9-11(3)17/h10,12-13H,5-9H2,1-4H3,(H,15,18). The molecular formula is C14H26N2O2. The van der Waals surface area contributed by atoms with Crippen LogP contribution in [-0.4, -0.2) is 41.3 Å². The van der Waals surface area contributed by atoms with Crippen LogP contribution in [-0.2, 0) is 9.59 Å². The molecule has 0 aliphatic carbocycles. The van der Waals surface area contributed by atoms with Crippen LogP contribution >= 0.6 is 0 Å². The summed E-state index contributed by atoms with van der Waals surface area (Å²) in [5.41, 5.74) is 0. The van der Waals surface area contributed by atoms with E-state index in [0.717, 1.165) is 25.8 Å². The molecule has 1 amide bonds. The fraction of sp³-hybridized carbons (Fsp3) is 0.857. The molecule has 0 saturated carbocycles. The molecule has 0 aromatic heterocycles. The molecule has 4 nitrogen and oxygen atoms in total. The summed E-state index contributed by atoms with van der Waals surface area (Å²) >= 11 is 0. The lowest BCUT2D eigenvalue weighted by Gasteiger charge is -2.30. The maximum atomic E-state index is 12.1. The number of hydrogen-bond acceptors (Lipinski definition) is 3. The Morgan fingerprint density at radius 2 is 2.06 bits per heavy atom. The summed E-state index contributed by atoms with van der Waals surface area (Å²) in [5, 5.41) is 3.01. The van der Waals surface area contributed by atoms with Gasteiger partial charge in [-0.1, -0.05) is 6.92 Å². The van der Waals surface area contributed by atoms with Crippen molar-refractivity contribution >= 4 is 11.7 Å². The van der Waals surface area contributed by atoms with E-state index in [1.165, 1.54) is 0 Å². The Bertz CT molecular complexity index is 304. The molecule has 1 heterocycles. The minimum atomic E-state index is -0.133. The van der Waals surface area contributed by atoms with Gasteiger partial charge >= 0.3 is 0 Å². The first kappa shape index (κ1) is 15.2. The van der Waals surface area contributed by atoms with Crippen LogP contribution in [0.4, 0.5) is 0 Å². The second-order valence-electron chi connectivity index (χ2n) is 5.43. The quantitative estimate of drug-likeness (QED) is 0.785. The average molecular weight is 254 g/mol. The number of carbonyl (C=O) groups excluding carboxylic acids is 2. The first-order chi connectivity index (χ1) is 8.45. The number of likely N-dealkylation sites (tertiary alicyclic amines) is 1. The summed E-state index contributed by atoms with van der Waals surface area (Å²) in [7, 11) is 0. The van der Waals surface area contributed by atoms with Gasteiger partial charge in [-0.25, -0.2) is 0 Å². The van der Waals surface area contributed by atoms with E-state index in [0.29, 0.717) is 6.42 Å². The summed E-state index contributed by atoms with van der Waals surface area (Å²) in [6, 6.07) is 0.333. The second kappa shape index (κ2) is 6.88. The van der Waals surface area contributed by atoms with Crippen molar-refractivity contribution in [3.63, 3.8) is 0 Å². The lowest BCUT2D eigenvalue weighted by Crippen LogP contribution is -2.49. The number of nitrogens with zero attached hydrogens (tertiary/aromatic N) is 1. The number of amides is 1. The van der Waals surface area contributed by atoms with Crippen molar-refractivity contribution in [2.75, 3.05) is 6.54 Å². The van der Waals surface area contributed by atoms with E-state index in [1.54, 1.807) is 6.92 Å². The van der Waals surface area contributed by atoms with Crippen molar-refractivity contribution < 1.29 is 9.59 Å². The third kappa shape index (κ3) is 4.09. The van der Waals surface area contributed by atoms with Crippen molar-refractivity contribution in [2.45, 2.75) is 71.5 Å². The molecule has 1 N–H and O–H groups in total. The molecule has 4 heteroatoms. The lowest BCUT2D eigenvalue weighted by atomic mass is 10.1. The molecular weight excluding hydrogens is 228 g/mol. The summed E-state index contributed by atoms with van der Waals surface area (Å²) < 4.78 is 0. The Morgan fingerprint density at radius 1 is 1.39 bits per heavy atom. The molecule has 0 spiro atoms. The van der Waals surface area contributed by atoms with Crippen LogP contribution in [0, 0.1) is 0 Å². The number of rotatable bonds is 6. The molecule has 3 unspecified atom stereocenters. The van der Waals surface area contributed by atoms with Crippen LogP contribution in [0.5, 0.6) is 0 Å². The minimum absolute atomic E-state index is 0.0832. The highest BCUT2D eigenvalue weighted by Crippen LogP contribution is 2.23. The zero-order valence-electron chi connectivity index (χ0n) is 12.0. The Kier molecular flexibility index (Phi) is 5.79. The van der Waals surface area contributed by atoms with Crippen LogP contribution < -0.4 is 5.32 Å². The van der Waals surface area contributed by atoms with Gasteiger partial charge in [0.25, 0.3) is 0 Å². The normalized spacial score (nSPS) is 23.7. The molecule has 0 radical (unpaired) electrons. The van der Waals surface area contributed by atoms with E-state index in [9.17, 15) is 9.59 Å². The number of nitrogens with one attached hydrogen (secondary N) is 1. The van der Waals surface area contributed by atoms with E-state index in [4.69, 9.17) is 0 Å². The van der Waals surface area contributed by atoms with E-state index in [-0.39, 0.29) is 29.8 Å². The van der Waals surface area contributed by atoms with Crippen molar-refractivity contribution in [1.29, 1.82) is 0 Å². The predicted molar refractivity (Wildman–Crippen MR) is 72.4 cm³/mol. The molecule has 104 valence electrons. The van der Waals surface area contributed by atoms with Gasteiger partial charge in [0.1, 0.15) is 5.78 Å². The minimum Gasteiger partial charge on any atom is -0.352 e. The van der Waals surface area contributed by atoms with Crippen LogP contribution in [0.3, 0.4) is 0 Å². The molecule has 1 rings (SSSR count). The van der Waals surface area contributed by atoms with E-state index in [1.807, 2.05) is 13.8 Å². The SMILES string of the molecule is CCC(C)NC(=O)C(C)N1CCCC1CC(C)=O. The topological polar surface area (TPSA) is 49.4 Å². The van der Waals surface area contributed by atoms with E-state index in [2.05, 4.69) is 17.1 Å². The smallest absolute Gasteiger partial charge is 0.237 e. The van der Waals surface area contributed by atoms with Crippen LogP contribution in [0.25, 0.3) is 0 Å². The fourth-order valence-electron chi connectivity index (χ4n) is 2.54. The van der Waals surface area contributed by atoms with Gasteiger partial charge in [0, 0.05) is 18.5 Å².